The summed E-state index contributed by atoms with van der Waals surface area (Å²) in [5.74, 6) is 0.344. The van der Waals surface area contributed by atoms with Crippen molar-refractivity contribution in [1.29, 1.82) is 0 Å². The number of ether oxygens (including phenoxy) is 1. The number of nitrogens with zero attached hydrogens (tertiary/aromatic N) is 1. The van der Waals surface area contributed by atoms with Crippen LogP contribution >= 0.6 is 0 Å². The molecule has 1 unspecified atom stereocenters. The Kier molecular flexibility index (Phi) is 8.23. The molecule has 2 aromatic carbocycles. The second-order valence-electron chi connectivity index (χ2n) is 7.40. The summed E-state index contributed by atoms with van der Waals surface area (Å²) in [5, 5.41) is 9.59. The van der Waals surface area contributed by atoms with Gasteiger partial charge in [-0.1, -0.05) is 6.07 Å². The number of aromatic nitrogens is 1. The quantitative estimate of drug-likeness (QED) is 0.261. The number of fused-ring (bicyclic) bond motifs is 1. The fourth-order valence-electron chi connectivity index (χ4n) is 3.19. The third-order valence-corrected chi connectivity index (χ3v) is 4.81. The number of carbonyl (C=O) groups is 2. The zero-order valence-electron chi connectivity index (χ0n) is 18.4. The maximum absolute atomic E-state index is 12.9. The Morgan fingerprint density at radius 2 is 1.85 bits per heavy atom. The van der Waals surface area contributed by atoms with Gasteiger partial charge in [0.1, 0.15) is 11.6 Å². The number of pyridine rings is 1. The first-order valence-electron chi connectivity index (χ1n) is 10.5. The molecule has 174 valence electrons. The molecule has 10 heteroatoms. The molecule has 33 heavy (non-hydrogen) atoms. The molecule has 5 N–H and O–H groups in total. The number of benzene rings is 2. The van der Waals surface area contributed by atoms with Crippen molar-refractivity contribution >= 4 is 34.3 Å². The van der Waals surface area contributed by atoms with E-state index >= 15 is 0 Å². The second-order valence-corrected chi connectivity index (χ2v) is 7.40. The van der Waals surface area contributed by atoms with Gasteiger partial charge in [0.2, 0.25) is 0 Å². The number of carbonyl (C=O) groups excluding carboxylic acids is 2. The van der Waals surface area contributed by atoms with Crippen LogP contribution in [-0.2, 0) is 0 Å². The summed E-state index contributed by atoms with van der Waals surface area (Å²) in [4.78, 5) is 28.1. The lowest BCUT2D eigenvalue weighted by atomic mass is 10.1. The minimum absolute atomic E-state index is 0.131. The standard InChI is InChI=1S/C23H27FN6O3/c1-15(27-20-14-19(33-2)13-16-6-4-11-25-21(16)20)5-3-12-26-22(31)29-30-23(32)28-18-9-7-17(24)8-10-18/h4,6-11,13-15,27H,3,5,12H2,1-2H3,(H2,26,29,31)(H2,28,30,32). The highest BCUT2D eigenvalue weighted by Gasteiger charge is 2.10. The Hall–Kier alpha value is -4.08. The third kappa shape index (κ3) is 7.23. The lowest BCUT2D eigenvalue weighted by Gasteiger charge is -2.17. The van der Waals surface area contributed by atoms with Gasteiger partial charge in [-0.05, 0) is 56.2 Å². The molecule has 0 saturated carbocycles. The molecule has 1 aromatic heterocycles. The minimum atomic E-state index is -0.645. The van der Waals surface area contributed by atoms with Crippen molar-refractivity contribution in [3.63, 3.8) is 0 Å². The van der Waals surface area contributed by atoms with E-state index in [1.165, 1.54) is 24.3 Å². The summed E-state index contributed by atoms with van der Waals surface area (Å²) in [6.45, 7) is 2.48. The number of hydrazine groups is 1. The monoisotopic (exact) mass is 454 g/mol. The van der Waals surface area contributed by atoms with Gasteiger partial charge in [0.25, 0.3) is 0 Å². The van der Waals surface area contributed by atoms with Gasteiger partial charge < -0.3 is 20.7 Å². The van der Waals surface area contributed by atoms with Crippen molar-refractivity contribution in [3.8, 4) is 5.75 Å². The molecule has 4 amide bonds. The average molecular weight is 455 g/mol. The van der Waals surface area contributed by atoms with Gasteiger partial charge in [0.15, 0.2) is 0 Å². The number of nitrogens with one attached hydrogen (secondary N) is 5. The Morgan fingerprint density at radius 3 is 2.61 bits per heavy atom. The van der Waals surface area contributed by atoms with Crippen LogP contribution < -0.4 is 31.5 Å². The number of urea groups is 2. The Balaban J connectivity index is 1.36. The van der Waals surface area contributed by atoms with Crippen molar-refractivity contribution in [2.75, 3.05) is 24.3 Å². The number of methoxy groups -OCH3 is 1. The van der Waals surface area contributed by atoms with E-state index in [0.29, 0.717) is 12.2 Å². The summed E-state index contributed by atoms with van der Waals surface area (Å²) in [6.07, 6.45) is 3.27. The van der Waals surface area contributed by atoms with Crippen LogP contribution in [0, 0.1) is 5.82 Å². The average Bonchev–Trinajstić information content (AvgIpc) is 2.82. The first-order valence-corrected chi connectivity index (χ1v) is 10.5. The predicted octanol–water partition coefficient (Wildman–Crippen LogP) is 4.00. The van der Waals surface area contributed by atoms with Crippen LogP contribution in [0.3, 0.4) is 0 Å². The van der Waals surface area contributed by atoms with Crippen LogP contribution in [-0.4, -0.2) is 36.7 Å². The molecule has 0 aliphatic heterocycles. The van der Waals surface area contributed by atoms with E-state index in [4.69, 9.17) is 4.74 Å². The largest absolute Gasteiger partial charge is 0.497 e. The zero-order chi connectivity index (χ0) is 23.6. The summed E-state index contributed by atoms with van der Waals surface area (Å²) < 4.78 is 18.2. The molecule has 1 atom stereocenters. The molecule has 3 aromatic rings. The van der Waals surface area contributed by atoms with E-state index in [1.807, 2.05) is 24.3 Å². The molecule has 1 heterocycles. The van der Waals surface area contributed by atoms with Crippen LogP contribution in [0.1, 0.15) is 19.8 Å². The highest BCUT2D eigenvalue weighted by atomic mass is 19.1. The predicted molar refractivity (Wildman–Crippen MR) is 126 cm³/mol. The molecular formula is C23H27FN6O3. The molecule has 0 spiro atoms. The van der Waals surface area contributed by atoms with Crippen LogP contribution in [0.4, 0.5) is 25.4 Å². The molecule has 0 aliphatic carbocycles. The van der Waals surface area contributed by atoms with E-state index in [1.54, 1.807) is 13.3 Å². The second kappa shape index (κ2) is 11.5. The van der Waals surface area contributed by atoms with Crippen molar-refractivity contribution in [3.05, 3.63) is 60.5 Å². The normalized spacial score (nSPS) is 11.4. The first kappa shape index (κ1) is 23.6. The fourth-order valence-corrected chi connectivity index (χ4v) is 3.19. The highest BCUT2D eigenvalue weighted by Crippen LogP contribution is 2.28. The topological polar surface area (TPSA) is 116 Å². The summed E-state index contributed by atoms with van der Waals surface area (Å²) in [7, 11) is 1.63. The maximum atomic E-state index is 12.9. The minimum Gasteiger partial charge on any atom is -0.497 e. The van der Waals surface area contributed by atoms with Crippen LogP contribution in [0.15, 0.2) is 54.7 Å². The van der Waals surface area contributed by atoms with Crippen LogP contribution in [0.25, 0.3) is 10.9 Å². The van der Waals surface area contributed by atoms with E-state index in [9.17, 15) is 14.0 Å². The molecule has 3 rings (SSSR count). The lowest BCUT2D eigenvalue weighted by molar-refractivity contribution is 0.229. The van der Waals surface area contributed by atoms with Gasteiger partial charge in [-0.15, -0.1) is 0 Å². The fraction of sp³-hybridized carbons (Fsp3) is 0.261. The molecule has 0 fully saturated rings. The smallest absolute Gasteiger partial charge is 0.337 e. The number of hydrogen-bond donors (Lipinski definition) is 5. The van der Waals surface area contributed by atoms with Crippen molar-refractivity contribution in [1.82, 2.24) is 21.2 Å². The van der Waals surface area contributed by atoms with Gasteiger partial charge in [-0.3, -0.25) is 4.98 Å². The van der Waals surface area contributed by atoms with Crippen molar-refractivity contribution in [2.24, 2.45) is 0 Å². The van der Waals surface area contributed by atoms with E-state index in [-0.39, 0.29) is 6.04 Å². The van der Waals surface area contributed by atoms with E-state index in [0.717, 1.165) is 35.2 Å². The van der Waals surface area contributed by atoms with Gasteiger partial charge in [0, 0.05) is 35.9 Å². The van der Waals surface area contributed by atoms with Gasteiger partial charge >= 0.3 is 12.1 Å². The van der Waals surface area contributed by atoms with Crippen LogP contribution in [0.2, 0.25) is 0 Å². The molecule has 0 saturated heterocycles. The number of halogens is 1. The maximum Gasteiger partial charge on any atom is 0.337 e. The Bertz CT molecular complexity index is 1090. The Labute approximate surface area is 191 Å². The molecule has 0 radical (unpaired) electrons. The molecule has 0 bridgehead atoms. The summed E-state index contributed by atoms with van der Waals surface area (Å²) >= 11 is 0. The third-order valence-electron chi connectivity index (χ3n) is 4.81. The van der Waals surface area contributed by atoms with E-state index in [2.05, 4.69) is 38.7 Å². The number of hydrogen-bond acceptors (Lipinski definition) is 5. The Morgan fingerprint density at radius 1 is 1.09 bits per heavy atom. The van der Waals surface area contributed by atoms with Gasteiger partial charge in [-0.2, -0.15) is 0 Å². The number of anilines is 2. The van der Waals surface area contributed by atoms with Gasteiger partial charge in [-0.25, -0.2) is 24.8 Å². The van der Waals surface area contributed by atoms with Crippen molar-refractivity contribution in [2.45, 2.75) is 25.8 Å². The van der Waals surface area contributed by atoms with Gasteiger partial charge in [0.05, 0.1) is 18.3 Å². The number of amides is 4. The van der Waals surface area contributed by atoms with Crippen molar-refractivity contribution < 1.29 is 18.7 Å². The number of rotatable bonds is 8. The molecular weight excluding hydrogens is 427 g/mol. The van der Waals surface area contributed by atoms with Crippen LogP contribution in [0.5, 0.6) is 5.75 Å². The highest BCUT2D eigenvalue weighted by molar-refractivity contribution is 5.92. The summed E-state index contributed by atoms with van der Waals surface area (Å²) in [6, 6.07) is 11.9. The SMILES string of the molecule is COc1cc(NC(C)CCCNC(=O)NNC(=O)Nc2ccc(F)cc2)c2ncccc2c1. The first-order chi connectivity index (χ1) is 15.9. The zero-order valence-corrected chi connectivity index (χ0v) is 18.4. The molecule has 9 nitrogen and oxygen atoms in total. The summed E-state index contributed by atoms with van der Waals surface area (Å²) in [5.41, 5.74) is 6.63. The van der Waals surface area contributed by atoms with E-state index < -0.39 is 17.9 Å². The lowest BCUT2D eigenvalue weighted by Crippen LogP contribution is -2.48. The molecule has 0 aliphatic rings.